The van der Waals surface area contributed by atoms with E-state index < -0.39 is 5.97 Å². The van der Waals surface area contributed by atoms with Gasteiger partial charge in [0.25, 0.3) is 0 Å². The van der Waals surface area contributed by atoms with Crippen molar-refractivity contribution in [1.82, 2.24) is 0 Å². The lowest BCUT2D eigenvalue weighted by molar-refractivity contribution is -0.137. The molecule has 5 heteroatoms. The summed E-state index contributed by atoms with van der Waals surface area (Å²) in [4.78, 5) is 10.6. The van der Waals surface area contributed by atoms with Crippen LogP contribution in [0.25, 0.3) is 11.3 Å². The van der Waals surface area contributed by atoms with E-state index in [0.29, 0.717) is 29.4 Å². The molecule has 106 valence electrons. The zero-order chi connectivity index (χ0) is 14.5. The minimum atomic E-state index is -0.845. The van der Waals surface area contributed by atoms with Crippen molar-refractivity contribution in [3.8, 4) is 22.8 Å². The first-order valence-electron chi connectivity index (χ1n) is 6.17. The summed E-state index contributed by atoms with van der Waals surface area (Å²) in [5.74, 6) is 1.78. The molecule has 1 aromatic heterocycles. The quantitative estimate of drug-likeness (QED) is 0.878. The van der Waals surface area contributed by atoms with Crippen molar-refractivity contribution in [2.24, 2.45) is 0 Å². The molecule has 0 atom stereocenters. The second-order valence-corrected chi connectivity index (χ2v) is 4.23. The molecule has 0 radical (unpaired) electrons. The van der Waals surface area contributed by atoms with E-state index in [-0.39, 0.29) is 6.42 Å². The number of aliphatic carboxylic acids is 1. The lowest BCUT2D eigenvalue weighted by atomic mass is 10.1. The second kappa shape index (κ2) is 6.14. The lowest BCUT2D eigenvalue weighted by Gasteiger charge is -2.08. The number of carboxylic acids is 1. The minimum absolute atomic E-state index is 0.0438. The van der Waals surface area contributed by atoms with Crippen LogP contribution in [-0.4, -0.2) is 25.3 Å². The highest BCUT2D eigenvalue weighted by Crippen LogP contribution is 2.34. The van der Waals surface area contributed by atoms with Gasteiger partial charge in [-0.25, -0.2) is 0 Å². The highest BCUT2D eigenvalue weighted by atomic mass is 16.5. The van der Waals surface area contributed by atoms with Crippen molar-refractivity contribution in [1.29, 1.82) is 0 Å². The summed E-state index contributed by atoms with van der Waals surface area (Å²) in [7, 11) is 3.17. The summed E-state index contributed by atoms with van der Waals surface area (Å²) in [6, 6.07) is 8.99. The van der Waals surface area contributed by atoms with Crippen LogP contribution in [0.4, 0.5) is 0 Å². The normalized spacial score (nSPS) is 10.3. The molecular weight excluding hydrogens is 260 g/mol. The van der Waals surface area contributed by atoms with Gasteiger partial charge in [0.15, 0.2) is 0 Å². The standard InChI is InChI=1S/C15H16O5/c1-18-11-4-6-13(19-2)12(9-11)14-7-3-10(20-14)5-8-15(16)17/h3-4,6-7,9H,5,8H2,1-2H3,(H,16,17). The third-order valence-corrected chi connectivity index (χ3v) is 2.92. The molecule has 0 aliphatic heterocycles. The molecule has 0 bridgehead atoms. The Morgan fingerprint density at radius 2 is 2.00 bits per heavy atom. The zero-order valence-electron chi connectivity index (χ0n) is 11.4. The maximum atomic E-state index is 10.6. The van der Waals surface area contributed by atoms with Crippen molar-refractivity contribution >= 4 is 5.97 Å². The maximum absolute atomic E-state index is 10.6. The number of hydrogen-bond donors (Lipinski definition) is 1. The average Bonchev–Trinajstić information content (AvgIpc) is 2.93. The number of rotatable bonds is 6. The van der Waals surface area contributed by atoms with Crippen LogP contribution in [0.5, 0.6) is 11.5 Å². The summed E-state index contributed by atoms with van der Waals surface area (Å²) in [6.45, 7) is 0. The predicted octanol–water partition coefficient (Wildman–Crippen LogP) is 2.98. The lowest BCUT2D eigenvalue weighted by Crippen LogP contribution is -1.96. The zero-order valence-corrected chi connectivity index (χ0v) is 11.4. The molecule has 20 heavy (non-hydrogen) atoms. The Balaban J connectivity index is 2.28. The molecule has 0 fully saturated rings. The predicted molar refractivity (Wildman–Crippen MR) is 73.2 cm³/mol. The van der Waals surface area contributed by atoms with Crippen LogP contribution in [0, 0.1) is 0 Å². The van der Waals surface area contributed by atoms with Crippen LogP contribution in [-0.2, 0) is 11.2 Å². The molecule has 0 spiro atoms. The van der Waals surface area contributed by atoms with Crippen LogP contribution in [0.3, 0.4) is 0 Å². The highest BCUT2D eigenvalue weighted by Gasteiger charge is 2.12. The van der Waals surface area contributed by atoms with Gasteiger partial charge in [-0.15, -0.1) is 0 Å². The molecule has 0 saturated heterocycles. The second-order valence-electron chi connectivity index (χ2n) is 4.23. The van der Waals surface area contributed by atoms with Crippen LogP contribution in [0.2, 0.25) is 0 Å². The number of hydrogen-bond acceptors (Lipinski definition) is 4. The molecule has 0 saturated carbocycles. The van der Waals surface area contributed by atoms with Gasteiger partial charge in [-0.1, -0.05) is 0 Å². The van der Waals surface area contributed by atoms with Gasteiger partial charge in [-0.05, 0) is 30.3 Å². The molecule has 1 aromatic carbocycles. The Morgan fingerprint density at radius 3 is 2.65 bits per heavy atom. The first-order valence-corrected chi connectivity index (χ1v) is 6.17. The van der Waals surface area contributed by atoms with E-state index in [4.69, 9.17) is 19.0 Å². The van der Waals surface area contributed by atoms with Crippen molar-refractivity contribution in [3.05, 3.63) is 36.1 Å². The van der Waals surface area contributed by atoms with Crippen LogP contribution in [0.15, 0.2) is 34.7 Å². The van der Waals surface area contributed by atoms with Crippen LogP contribution in [0.1, 0.15) is 12.2 Å². The third kappa shape index (κ3) is 3.12. The Morgan fingerprint density at radius 1 is 1.20 bits per heavy atom. The van der Waals surface area contributed by atoms with E-state index in [0.717, 1.165) is 5.56 Å². The summed E-state index contributed by atoms with van der Waals surface area (Å²) in [5.41, 5.74) is 0.772. The SMILES string of the molecule is COc1ccc(OC)c(-c2ccc(CCC(=O)O)o2)c1. The number of methoxy groups -OCH3 is 2. The fraction of sp³-hybridized carbons (Fsp3) is 0.267. The Kier molecular flexibility index (Phi) is 4.30. The van der Waals surface area contributed by atoms with Gasteiger partial charge in [0, 0.05) is 6.42 Å². The topological polar surface area (TPSA) is 68.9 Å². The summed E-state index contributed by atoms with van der Waals surface area (Å²) in [6.07, 6.45) is 0.407. The Bertz CT molecular complexity index is 600. The van der Waals surface area contributed by atoms with Crippen LogP contribution < -0.4 is 9.47 Å². The number of carboxylic acid groups (broad SMARTS) is 1. The monoisotopic (exact) mass is 276 g/mol. The Hall–Kier alpha value is -2.43. The average molecular weight is 276 g/mol. The molecule has 1 N–H and O–H groups in total. The molecule has 0 amide bonds. The smallest absolute Gasteiger partial charge is 0.303 e. The molecule has 0 aliphatic carbocycles. The molecule has 2 aromatic rings. The van der Waals surface area contributed by atoms with Gasteiger partial charge >= 0.3 is 5.97 Å². The van der Waals surface area contributed by atoms with Gasteiger partial charge in [-0.3, -0.25) is 4.79 Å². The van der Waals surface area contributed by atoms with Crippen molar-refractivity contribution in [3.63, 3.8) is 0 Å². The van der Waals surface area contributed by atoms with E-state index in [1.54, 1.807) is 38.5 Å². The van der Waals surface area contributed by atoms with Crippen molar-refractivity contribution in [2.45, 2.75) is 12.8 Å². The number of benzene rings is 1. The first-order chi connectivity index (χ1) is 9.63. The fourth-order valence-electron chi connectivity index (χ4n) is 1.89. The van der Waals surface area contributed by atoms with E-state index in [2.05, 4.69) is 0 Å². The van der Waals surface area contributed by atoms with E-state index >= 15 is 0 Å². The maximum Gasteiger partial charge on any atom is 0.303 e. The summed E-state index contributed by atoms with van der Waals surface area (Å²) < 4.78 is 16.1. The minimum Gasteiger partial charge on any atom is -0.497 e. The molecular formula is C15H16O5. The van der Waals surface area contributed by atoms with Crippen molar-refractivity contribution < 1.29 is 23.8 Å². The van der Waals surface area contributed by atoms with E-state index in [1.165, 1.54) is 0 Å². The molecule has 1 heterocycles. The van der Waals surface area contributed by atoms with Gasteiger partial charge in [0.2, 0.25) is 0 Å². The molecule has 2 rings (SSSR count). The summed E-state index contributed by atoms with van der Waals surface area (Å²) >= 11 is 0. The first kappa shape index (κ1) is 14.0. The van der Waals surface area contributed by atoms with E-state index in [1.807, 2.05) is 6.07 Å². The highest BCUT2D eigenvalue weighted by molar-refractivity contribution is 5.69. The fourth-order valence-corrected chi connectivity index (χ4v) is 1.89. The number of carbonyl (C=O) groups is 1. The Labute approximate surface area is 116 Å². The van der Waals surface area contributed by atoms with Crippen molar-refractivity contribution in [2.75, 3.05) is 14.2 Å². The molecule has 5 nitrogen and oxygen atoms in total. The van der Waals surface area contributed by atoms with Gasteiger partial charge in [-0.2, -0.15) is 0 Å². The number of ether oxygens (including phenoxy) is 2. The molecule has 0 unspecified atom stereocenters. The largest absolute Gasteiger partial charge is 0.497 e. The molecule has 0 aliphatic rings. The van der Waals surface area contributed by atoms with Gasteiger partial charge in [0.1, 0.15) is 23.0 Å². The number of furan rings is 1. The van der Waals surface area contributed by atoms with Gasteiger partial charge < -0.3 is 19.0 Å². The number of aryl methyl sites for hydroxylation is 1. The third-order valence-electron chi connectivity index (χ3n) is 2.92. The van der Waals surface area contributed by atoms with Crippen LogP contribution >= 0.6 is 0 Å². The van der Waals surface area contributed by atoms with Gasteiger partial charge in [0.05, 0.1) is 26.2 Å². The summed E-state index contributed by atoms with van der Waals surface area (Å²) in [5, 5.41) is 8.67. The van der Waals surface area contributed by atoms with E-state index in [9.17, 15) is 4.79 Å².